The molecule has 456 valence electrons. The summed E-state index contributed by atoms with van der Waals surface area (Å²) >= 11 is 0. The minimum atomic E-state index is -2.04. The van der Waals surface area contributed by atoms with Gasteiger partial charge in [-0.25, -0.2) is 14.4 Å². The van der Waals surface area contributed by atoms with Gasteiger partial charge in [0, 0.05) is 16.6 Å². The van der Waals surface area contributed by atoms with Crippen LogP contribution < -0.4 is 0 Å². The van der Waals surface area contributed by atoms with Crippen LogP contribution in [-0.4, -0.2) is 205 Å². The van der Waals surface area contributed by atoms with Crippen molar-refractivity contribution in [3.63, 3.8) is 0 Å². The first-order chi connectivity index (χ1) is 37.3. The first kappa shape index (κ1) is 64.5. The zero-order valence-electron chi connectivity index (χ0n) is 48.5. The third-order valence-electron chi connectivity index (χ3n) is 21.0. The third-order valence-corrected chi connectivity index (χ3v) is 21.0. The SMILES string of the molecule is C/C=C(/C)C(=O)O[C@H]1[C@H](OC(=O)/C(C)=C\C)[C@@]2(CO)C(CC1(C)C)C1=CCC3[C@@]4(C)CC[C@H](O[C@@H]5OC(C(=O)O)[C@@H](O)[C@@H](OC(C)O[C@@H](CO)[C@@H](O)CO)C5O[C@@H]5OC(CO)[C@H](O)[C@@H](O)C5O)C(C)(C)C4CC[C@@]3(C)[C@]1(C)C[C@H]2O. The van der Waals surface area contributed by atoms with E-state index in [0.29, 0.717) is 49.7 Å². The van der Waals surface area contributed by atoms with Crippen molar-refractivity contribution in [2.45, 2.75) is 232 Å². The molecule has 5 aliphatic carbocycles. The second-order valence-corrected chi connectivity index (χ2v) is 25.9. The Morgan fingerprint density at radius 2 is 1.38 bits per heavy atom. The van der Waals surface area contributed by atoms with Crippen LogP contribution in [0.3, 0.4) is 0 Å². The van der Waals surface area contributed by atoms with Crippen LogP contribution in [-0.2, 0) is 52.3 Å². The first-order valence-electron chi connectivity index (χ1n) is 28.4. The van der Waals surface area contributed by atoms with Gasteiger partial charge in [0.05, 0.1) is 44.1 Å². The highest BCUT2D eigenvalue weighted by molar-refractivity contribution is 5.89. The fourth-order valence-electron chi connectivity index (χ4n) is 15.9. The normalized spacial score (nSPS) is 44.6. The van der Waals surface area contributed by atoms with E-state index in [1.807, 2.05) is 13.8 Å². The molecule has 11 N–H and O–H groups in total. The highest BCUT2D eigenvalue weighted by atomic mass is 16.8. The van der Waals surface area contributed by atoms with Crippen LogP contribution >= 0.6 is 0 Å². The van der Waals surface area contributed by atoms with Gasteiger partial charge in [0.25, 0.3) is 0 Å². The number of hydrogen-bond donors (Lipinski definition) is 11. The summed E-state index contributed by atoms with van der Waals surface area (Å²) in [5.74, 6) is -3.35. The number of aliphatic hydroxyl groups is 10. The first-order valence-corrected chi connectivity index (χ1v) is 28.4. The number of aliphatic hydroxyl groups excluding tert-OH is 10. The molecule has 24 atom stereocenters. The fraction of sp³-hybridized carbons (Fsp3) is 0.845. The number of aliphatic carboxylic acids is 1. The number of esters is 2. The molecule has 0 bridgehead atoms. The zero-order chi connectivity index (χ0) is 59.6. The molecule has 2 saturated heterocycles. The van der Waals surface area contributed by atoms with Gasteiger partial charge in [0.2, 0.25) is 0 Å². The fourth-order valence-corrected chi connectivity index (χ4v) is 15.9. The number of carboxylic acids is 1. The molecular weight excluding hydrogens is 1050 g/mol. The number of fused-ring (bicyclic) bond motifs is 7. The monoisotopic (exact) mass is 1140 g/mol. The summed E-state index contributed by atoms with van der Waals surface area (Å²) in [6.45, 7) is 20.0. The number of carbonyl (C=O) groups excluding carboxylic acids is 2. The molecule has 7 aliphatic rings. The van der Waals surface area contributed by atoms with Crippen LogP contribution in [0.4, 0.5) is 0 Å². The van der Waals surface area contributed by atoms with Crippen LogP contribution in [0.1, 0.15) is 128 Å². The van der Waals surface area contributed by atoms with Crippen molar-refractivity contribution in [1.82, 2.24) is 0 Å². The Kier molecular flexibility index (Phi) is 19.5. The van der Waals surface area contributed by atoms with Crippen LogP contribution in [0.25, 0.3) is 0 Å². The molecular formula is C58H92O22. The smallest absolute Gasteiger partial charge is 0.335 e. The van der Waals surface area contributed by atoms with Gasteiger partial charge in [-0.2, -0.15) is 0 Å². The molecule has 0 radical (unpaired) electrons. The summed E-state index contributed by atoms with van der Waals surface area (Å²) in [5, 5.41) is 119. The van der Waals surface area contributed by atoms with E-state index in [4.69, 9.17) is 37.9 Å². The number of ether oxygens (including phenoxy) is 8. The molecule has 0 aromatic heterocycles. The maximum Gasteiger partial charge on any atom is 0.335 e. The Hall–Kier alpha value is -3.01. The summed E-state index contributed by atoms with van der Waals surface area (Å²) in [5.41, 5.74) is -2.66. The Morgan fingerprint density at radius 3 is 1.94 bits per heavy atom. The quantitative estimate of drug-likeness (QED) is 0.0307. The minimum absolute atomic E-state index is 0.0303. The van der Waals surface area contributed by atoms with Gasteiger partial charge in [-0.1, -0.05) is 72.3 Å². The standard InChI is InChI=1S/C58H92O22/c1-13-27(3)49(71)79-46-47(80-50(72)28(4)14-2)58(26-62)31(21-53(46,6)7)30-15-16-36-55(10)19-18-38(54(8,9)35(55)17-20-56(36,11)57(30,12)22-37(58)64)76-52-45(78-51-41(67)40(66)39(65)34(25-61)75-51)43(42(68)44(77-52)48(69)70)74-29(5)73-33(24-60)32(63)23-59/h13-15,29,31-47,51-52,59-68H,16-26H2,1-12H3,(H,69,70)/b27-13-,28-14-/t29?,31?,32-,33-,34?,35?,36?,37+,38-,39-,40+,41?,42-,43+,44?,45?,46-,47-,51-,52+,55-,56+,57+,58-/m0/s1. The summed E-state index contributed by atoms with van der Waals surface area (Å²) < 4.78 is 49.5. The van der Waals surface area contributed by atoms with E-state index in [-0.39, 0.29) is 23.7 Å². The lowest BCUT2D eigenvalue weighted by Gasteiger charge is -2.72. The summed E-state index contributed by atoms with van der Waals surface area (Å²) in [6, 6.07) is 0. The van der Waals surface area contributed by atoms with Gasteiger partial charge >= 0.3 is 17.9 Å². The Morgan fingerprint density at radius 1 is 0.750 bits per heavy atom. The lowest BCUT2D eigenvalue weighted by atomic mass is 9.33. The minimum Gasteiger partial charge on any atom is -0.479 e. The molecule has 80 heavy (non-hydrogen) atoms. The largest absolute Gasteiger partial charge is 0.479 e. The molecule has 0 aromatic carbocycles. The number of rotatable bonds is 18. The van der Waals surface area contributed by atoms with Crippen molar-refractivity contribution >= 4 is 17.9 Å². The molecule has 7 rings (SSSR count). The average molecular weight is 1140 g/mol. The van der Waals surface area contributed by atoms with E-state index >= 15 is 0 Å². The molecule has 8 unspecified atom stereocenters. The zero-order valence-corrected chi connectivity index (χ0v) is 48.5. The number of allylic oxidation sites excluding steroid dienone is 4. The summed E-state index contributed by atoms with van der Waals surface area (Å²) in [7, 11) is 0. The molecule has 6 fully saturated rings. The maximum atomic E-state index is 13.8. The molecule has 2 aliphatic heterocycles. The highest BCUT2D eigenvalue weighted by Gasteiger charge is 2.74. The lowest BCUT2D eigenvalue weighted by molar-refractivity contribution is -0.386. The van der Waals surface area contributed by atoms with E-state index in [2.05, 4.69) is 40.7 Å². The third kappa shape index (κ3) is 10.9. The summed E-state index contributed by atoms with van der Waals surface area (Å²) in [6.07, 6.45) is -17.5. The number of carboxylic acid groups (broad SMARTS) is 1. The Labute approximate surface area is 469 Å². The molecule has 22 nitrogen and oxygen atoms in total. The average Bonchev–Trinajstić information content (AvgIpc) is 1.86. The molecule has 2 heterocycles. The molecule has 4 saturated carbocycles. The van der Waals surface area contributed by atoms with Gasteiger partial charge in [0.1, 0.15) is 61.0 Å². The Bertz CT molecular complexity index is 2320. The van der Waals surface area contributed by atoms with Crippen molar-refractivity contribution < 1.29 is 108 Å². The van der Waals surface area contributed by atoms with Crippen LogP contribution in [0.5, 0.6) is 0 Å². The van der Waals surface area contributed by atoms with Crippen molar-refractivity contribution in [1.29, 1.82) is 0 Å². The summed E-state index contributed by atoms with van der Waals surface area (Å²) in [4.78, 5) is 40.3. The molecule has 0 aromatic rings. The van der Waals surface area contributed by atoms with Gasteiger partial charge in [-0.3, -0.25) is 0 Å². The van der Waals surface area contributed by atoms with E-state index in [1.165, 1.54) is 6.92 Å². The highest BCUT2D eigenvalue weighted by Crippen LogP contribution is 2.76. The number of hydrogen-bond acceptors (Lipinski definition) is 21. The molecule has 0 spiro atoms. The molecule has 0 amide bonds. The Balaban J connectivity index is 1.23. The van der Waals surface area contributed by atoms with Crippen molar-refractivity contribution in [2.24, 2.45) is 50.2 Å². The van der Waals surface area contributed by atoms with Crippen molar-refractivity contribution in [2.75, 3.05) is 26.4 Å². The van der Waals surface area contributed by atoms with Crippen molar-refractivity contribution in [3.05, 3.63) is 34.9 Å². The van der Waals surface area contributed by atoms with E-state index < -0.39 is 182 Å². The van der Waals surface area contributed by atoms with Crippen LogP contribution in [0.15, 0.2) is 34.9 Å². The predicted octanol–water partition coefficient (Wildman–Crippen LogP) is 1.93. The van der Waals surface area contributed by atoms with Gasteiger partial charge in [0.15, 0.2) is 31.1 Å². The van der Waals surface area contributed by atoms with E-state index in [1.54, 1.807) is 39.8 Å². The van der Waals surface area contributed by atoms with E-state index in [9.17, 15) is 70.6 Å². The van der Waals surface area contributed by atoms with Gasteiger partial charge in [-0.15, -0.1) is 0 Å². The lowest BCUT2D eigenvalue weighted by Crippen LogP contribution is -2.72. The molecule has 22 heteroatoms. The predicted molar refractivity (Wildman–Crippen MR) is 282 cm³/mol. The van der Waals surface area contributed by atoms with E-state index in [0.717, 1.165) is 5.57 Å². The second kappa shape index (κ2) is 24.2. The van der Waals surface area contributed by atoms with Gasteiger partial charge < -0.3 is 94.1 Å². The van der Waals surface area contributed by atoms with Crippen molar-refractivity contribution in [3.8, 4) is 0 Å². The van der Waals surface area contributed by atoms with Gasteiger partial charge in [-0.05, 0) is 119 Å². The second-order valence-electron chi connectivity index (χ2n) is 25.9. The number of carbonyl (C=O) groups is 3. The van der Waals surface area contributed by atoms with Crippen LogP contribution in [0.2, 0.25) is 0 Å². The maximum absolute atomic E-state index is 13.8. The van der Waals surface area contributed by atoms with Crippen LogP contribution in [0, 0.1) is 50.2 Å². The topological polar surface area (TPSA) is 348 Å².